The van der Waals surface area contributed by atoms with Crippen LogP contribution >= 0.6 is 0 Å². The molecule has 7 nitrogen and oxygen atoms in total. The Balaban J connectivity index is 2.48. The van der Waals surface area contributed by atoms with Crippen LogP contribution < -0.4 is 15.4 Å². The van der Waals surface area contributed by atoms with Crippen LogP contribution in [-0.2, 0) is 4.79 Å². The van der Waals surface area contributed by atoms with E-state index < -0.39 is 4.92 Å². The molecule has 0 spiro atoms. The molecule has 0 saturated carbocycles. The van der Waals surface area contributed by atoms with E-state index in [-0.39, 0.29) is 23.2 Å². The van der Waals surface area contributed by atoms with Gasteiger partial charge in [-0.25, -0.2) is 0 Å². The number of carbonyl (C=O) groups excluding carboxylic acids is 1. The van der Waals surface area contributed by atoms with Crippen molar-refractivity contribution in [3.05, 3.63) is 28.3 Å². The summed E-state index contributed by atoms with van der Waals surface area (Å²) in [7, 11) is 1.42. The second kappa shape index (κ2) is 5.23. The number of methoxy groups -OCH3 is 1. The van der Waals surface area contributed by atoms with Crippen molar-refractivity contribution in [3.63, 3.8) is 0 Å². The van der Waals surface area contributed by atoms with E-state index in [0.717, 1.165) is 0 Å². The first kappa shape index (κ1) is 13.3. The Hall–Kier alpha value is -2.15. The lowest BCUT2D eigenvalue weighted by atomic mass is 10.1. The van der Waals surface area contributed by atoms with Crippen molar-refractivity contribution in [1.29, 1.82) is 0 Å². The Morgan fingerprint density at radius 2 is 2.32 bits per heavy atom. The Bertz CT molecular complexity index is 518. The van der Waals surface area contributed by atoms with Gasteiger partial charge in [-0.2, -0.15) is 0 Å². The van der Waals surface area contributed by atoms with Crippen LogP contribution in [0, 0.1) is 16.0 Å². The normalized spacial score (nSPS) is 18.7. The van der Waals surface area contributed by atoms with Gasteiger partial charge in [-0.1, -0.05) is 6.07 Å². The molecule has 1 unspecified atom stereocenters. The zero-order chi connectivity index (χ0) is 14.0. The highest BCUT2D eigenvalue weighted by Gasteiger charge is 2.35. The maximum Gasteiger partial charge on any atom is 0.296 e. The minimum absolute atomic E-state index is 0.0250. The van der Waals surface area contributed by atoms with Gasteiger partial charge in [0, 0.05) is 19.0 Å². The van der Waals surface area contributed by atoms with Gasteiger partial charge in [-0.3, -0.25) is 14.9 Å². The molecule has 1 aliphatic heterocycles. The Morgan fingerprint density at radius 1 is 1.58 bits per heavy atom. The number of rotatable bonds is 4. The summed E-state index contributed by atoms with van der Waals surface area (Å²) in [5.74, 6) is 0.181. The number of nitrogens with two attached hydrogens (primary N) is 1. The molecular formula is C12H15N3O4. The summed E-state index contributed by atoms with van der Waals surface area (Å²) in [6.07, 6.45) is 0.311. The predicted molar refractivity (Wildman–Crippen MR) is 69.2 cm³/mol. The van der Waals surface area contributed by atoms with Crippen molar-refractivity contribution in [3.8, 4) is 5.75 Å². The highest BCUT2D eigenvalue weighted by atomic mass is 16.6. The zero-order valence-corrected chi connectivity index (χ0v) is 10.5. The molecule has 19 heavy (non-hydrogen) atoms. The van der Waals surface area contributed by atoms with E-state index in [9.17, 15) is 14.9 Å². The first-order valence-electron chi connectivity index (χ1n) is 5.90. The van der Waals surface area contributed by atoms with Gasteiger partial charge in [0.05, 0.1) is 12.0 Å². The highest BCUT2D eigenvalue weighted by molar-refractivity contribution is 5.99. The Morgan fingerprint density at radius 3 is 2.84 bits per heavy atom. The van der Waals surface area contributed by atoms with E-state index in [1.807, 2.05) is 0 Å². The molecule has 1 aliphatic rings. The number of nitrogens with zero attached hydrogens (tertiary/aromatic N) is 2. The molecule has 1 atom stereocenters. The fourth-order valence-electron chi connectivity index (χ4n) is 2.25. The fraction of sp³-hybridized carbons (Fsp3) is 0.417. The van der Waals surface area contributed by atoms with Gasteiger partial charge in [0.2, 0.25) is 5.91 Å². The van der Waals surface area contributed by atoms with Crippen LogP contribution in [0.4, 0.5) is 11.4 Å². The van der Waals surface area contributed by atoms with Crippen molar-refractivity contribution in [2.75, 3.05) is 25.1 Å². The number of nitro benzene ring substituents is 1. The molecule has 0 aromatic heterocycles. The van der Waals surface area contributed by atoms with Crippen LogP contribution in [0.5, 0.6) is 5.75 Å². The predicted octanol–water partition coefficient (Wildman–Crippen LogP) is 0.915. The summed E-state index contributed by atoms with van der Waals surface area (Å²) in [4.78, 5) is 24.0. The summed E-state index contributed by atoms with van der Waals surface area (Å²) < 4.78 is 5.14. The Labute approximate surface area is 110 Å². The first-order chi connectivity index (χ1) is 9.08. The van der Waals surface area contributed by atoms with E-state index >= 15 is 0 Å². The number of benzene rings is 1. The van der Waals surface area contributed by atoms with E-state index in [2.05, 4.69) is 0 Å². The second-order valence-corrected chi connectivity index (χ2v) is 4.40. The molecule has 1 saturated heterocycles. The minimum atomic E-state index is -0.513. The van der Waals surface area contributed by atoms with E-state index in [1.165, 1.54) is 24.1 Å². The smallest absolute Gasteiger partial charge is 0.296 e. The van der Waals surface area contributed by atoms with Gasteiger partial charge in [0.1, 0.15) is 5.75 Å². The molecule has 0 bridgehead atoms. The molecule has 0 aliphatic carbocycles. The third kappa shape index (κ3) is 2.37. The first-order valence-corrected chi connectivity index (χ1v) is 5.90. The SMILES string of the molecule is COc1cccc([N+](=O)[O-])c1N1CC(CN)CC1=O. The minimum Gasteiger partial charge on any atom is -0.494 e. The number of carbonyl (C=O) groups is 1. The lowest BCUT2D eigenvalue weighted by Gasteiger charge is -2.19. The number of amides is 1. The van der Waals surface area contributed by atoms with Gasteiger partial charge in [0.15, 0.2) is 5.69 Å². The number of hydrogen-bond acceptors (Lipinski definition) is 5. The van der Waals surface area contributed by atoms with Crippen LogP contribution in [-0.4, -0.2) is 31.0 Å². The molecular weight excluding hydrogens is 250 g/mol. The summed E-state index contributed by atoms with van der Waals surface area (Å²) in [6, 6.07) is 4.49. The van der Waals surface area contributed by atoms with Crippen LogP contribution in [0.3, 0.4) is 0 Å². The van der Waals surface area contributed by atoms with Crippen LogP contribution in [0.15, 0.2) is 18.2 Å². The van der Waals surface area contributed by atoms with E-state index in [1.54, 1.807) is 6.07 Å². The molecule has 102 valence electrons. The third-order valence-corrected chi connectivity index (χ3v) is 3.20. The molecule has 2 N–H and O–H groups in total. The molecule has 1 fully saturated rings. The lowest BCUT2D eigenvalue weighted by Crippen LogP contribution is -2.27. The molecule has 7 heteroatoms. The maximum absolute atomic E-state index is 12.0. The van der Waals surface area contributed by atoms with Gasteiger partial charge in [0.25, 0.3) is 5.69 Å². The number of nitro groups is 1. The van der Waals surface area contributed by atoms with Crippen LogP contribution in [0.25, 0.3) is 0 Å². The van der Waals surface area contributed by atoms with Crippen LogP contribution in [0.1, 0.15) is 6.42 Å². The molecule has 1 aromatic rings. The van der Waals surface area contributed by atoms with Gasteiger partial charge >= 0.3 is 0 Å². The van der Waals surface area contributed by atoms with Crippen molar-refractivity contribution < 1.29 is 14.5 Å². The molecule has 0 radical (unpaired) electrons. The second-order valence-electron chi connectivity index (χ2n) is 4.40. The monoisotopic (exact) mass is 265 g/mol. The highest BCUT2D eigenvalue weighted by Crippen LogP contribution is 2.40. The fourth-order valence-corrected chi connectivity index (χ4v) is 2.25. The number of hydrogen-bond donors (Lipinski definition) is 1. The molecule has 1 aromatic carbocycles. The van der Waals surface area contributed by atoms with Gasteiger partial charge in [-0.05, 0) is 18.5 Å². The summed E-state index contributed by atoms with van der Waals surface area (Å²) in [6.45, 7) is 0.766. The van der Waals surface area contributed by atoms with Crippen molar-refractivity contribution in [2.45, 2.75) is 6.42 Å². The van der Waals surface area contributed by atoms with E-state index in [4.69, 9.17) is 10.5 Å². The quantitative estimate of drug-likeness (QED) is 0.644. The lowest BCUT2D eigenvalue weighted by molar-refractivity contribution is -0.384. The number of anilines is 1. The Kier molecular flexibility index (Phi) is 3.66. The summed E-state index contributed by atoms with van der Waals surface area (Å²) in [5, 5.41) is 11.1. The standard InChI is InChI=1S/C12H15N3O4/c1-19-10-4-2-3-9(15(17)18)12(10)14-7-8(6-13)5-11(14)16/h2-4,8H,5-7,13H2,1H3. The summed E-state index contributed by atoms with van der Waals surface area (Å²) >= 11 is 0. The average Bonchev–Trinajstić information content (AvgIpc) is 2.78. The largest absolute Gasteiger partial charge is 0.494 e. The molecule has 1 amide bonds. The number of ether oxygens (including phenoxy) is 1. The van der Waals surface area contributed by atoms with Gasteiger partial charge < -0.3 is 15.4 Å². The van der Waals surface area contributed by atoms with Crippen molar-refractivity contribution in [2.24, 2.45) is 11.7 Å². The van der Waals surface area contributed by atoms with Crippen molar-refractivity contribution in [1.82, 2.24) is 0 Å². The van der Waals surface area contributed by atoms with Crippen molar-refractivity contribution >= 4 is 17.3 Å². The van der Waals surface area contributed by atoms with Crippen LogP contribution in [0.2, 0.25) is 0 Å². The number of para-hydroxylation sites is 1. The average molecular weight is 265 g/mol. The zero-order valence-electron chi connectivity index (χ0n) is 10.5. The molecule has 2 rings (SSSR count). The molecule has 1 heterocycles. The van der Waals surface area contributed by atoms with Gasteiger partial charge in [-0.15, -0.1) is 0 Å². The maximum atomic E-state index is 12.0. The third-order valence-electron chi connectivity index (χ3n) is 3.20. The topological polar surface area (TPSA) is 98.7 Å². The van der Waals surface area contributed by atoms with E-state index in [0.29, 0.717) is 25.3 Å². The summed E-state index contributed by atoms with van der Waals surface area (Å²) in [5.41, 5.74) is 5.65.